The summed E-state index contributed by atoms with van der Waals surface area (Å²) in [6.07, 6.45) is 8.96. The number of ether oxygens (including phenoxy) is 1. The SMILES string of the molecule is COc1ccccc1CC(=O)N1CCC(NC(=O)CCC2CCCC2)CC1. The van der Waals surface area contributed by atoms with Crippen LogP contribution in [0, 0.1) is 5.92 Å². The minimum atomic E-state index is 0.130. The quantitative estimate of drug-likeness (QED) is 0.799. The maximum absolute atomic E-state index is 12.6. The van der Waals surface area contributed by atoms with Gasteiger partial charge in [0.25, 0.3) is 0 Å². The van der Waals surface area contributed by atoms with Crippen molar-refractivity contribution in [3.05, 3.63) is 29.8 Å². The molecule has 1 aromatic carbocycles. The summed E-state index contributed by atoms with van der Waals surface area (Å²) in [4.78, 5) is 26.7. The van der Waals surface area contributed by atoms with Gasteiger partial charge in [0.05, 0.1) is 13.5 Å². The second kappa shape index (κ2) is 9.77. The third kappa shape index (κ3) is 5.72. The molecule has 27 heavy (non-hydrogen) atoms. The van der Waals surface area contributed by atoms with E-state index in [9.17, 15) is 9.59 Å². The van der Waals surface area contributed by atoms with Gasteiger partial charge in [-0.2, -0.15) is 0 Å². The Hall–Kier alpha value is -2.04. The summed E-state index contributed by atoms with van der Waals surface area (Å²) in [5, 5.41) is 3.17. The lowest BCUT2D eigenvalue weighted by atomic mass is 10.0. The molecule has 5 nitrogen and oxygen atoms in total. The first kappa shape index (κ1) is 19.7. The zero-order valence-corrected chi connectivity index (χ0v) is 16.4. The predicted molar refractivity (Wildman–Crippen MR) is 106 cm³/mol. The van der Waals surface area contributed by atoms with Crippen LogP contribution >= 0.6 is 0 Å². The topological polar surface area (TPSA) is 58.6 Å². The molecule has 1 saturated carbocycles. The van der Waals surface area contributed by atoms with Gasteiger partial charge in [0.15, 0.2) is 0 Å². The standard InChI is InChI=1S/C22H32N2O3/c1-27-20-9-5-4-8-18(20)16-22(26)24-14-12-19(13-15-24)23-21(25)11-10-17-6-2-3-7-17/h4-5,8-9,17,19H,2-3,6-7,10-16H2,1H3,(H,23,25). The maximum atomic E-state index is 12.6. The Morgan fingerprint density at radius 3 is 2.52 bits per heavy atom. The Kier molecular flexibility index (Phi) is 7.13. The largest absolute Gasteiger partial charge is 0.496 e. The Balaban J connectivity index is 1.39. The van der Waals surface area contributed by atoms with Crippen LogP contribution in [0.1, 0.15) is 56.9 Å². The average Bonchev–Trinajstić information content (AvgIpc) is 3.21. The third-order valence-electron chi connectivity index (χ3n) is 6.00. The molecule has 0 radical (unpaired) electrons. The number of benzene rings is 1. The van der Waals surface area contributed by atoms with E-state index in [1.807, 2.05) is 29.2 Å². The number of piperidine rings is 1. The fourth-order valence-corrected chi connectivity index (χ4v) is 4.33. The fraction of sp³-hybridized carbons (Fsp3) is 0.636. The fourth-order valence-electron chi connectivity index (χ4n) is 4.33. The van der Waals surface area contributed by atoms with Gasteiger partial charge in [-0.1, -0.05) is 43.9 Å². The Morgan fingerprint density at radius 1 is 1.11 bits per heavy atom. The van der Waals surface area contributed by atoms with E-state index < -0.39 is 0 Å². The molecule has 0 bridgehead atoms. The van der Waals surface area contributed by atoms with E-state index in [4.69, 9.17) is 4.74 Å². The van der Waals surface area contributed by atoms with E-state index in [2.05, 4.69) is 5.32 Å². The van der Waals surface area contributed by atoms with Crippen LogP contribution in [-0.4, -0.2) is 43.0 Å². The van der Waals surface area contributed by atoms with Crippen LogP contribution in [0.15, 0.2) is 24.3 Å². The zero-order chi connectivity index (χ0) is 19.1. The van der Waals surface area contributed by atoms with Crippen LogP contribution in [0.2, 0.25) is 0 Å². The van der Waals surface area contributed by atoms with Crippen molar-refractivity contribution >= 4 is 11.8 Å². The number of hydrogen-bond donors (Lipinski definition) is 1. The van der Waals surface area contributed by atoms with Gasteiger partial charge in [-0.15, -0.1) is 0 Å². The number of carbonyl (C=O) groups is 2. The van der Waals surface area contributed by atoms with Crippen LogP contribution in [0.3, 0.4) is 0 Å². The minimum Gasteiger partial charge on any atom is -0.496 e. The number of para-hydroxylation sites is 1. The second-order valence-electron chi connectivity index (χ2n) is 7.90. The summed E-state index contributed by atoms with van der Waals surface area (Å²) >= 11 is 0. The number of likely N-dealkylation sites (tertiary alicyclic amines) is 1. The number of carbonyl (C=O) groups excluding carboxylic acids is 2. The van der Waals surface area contributed by atoms with E-state index in [1.165, 1.54) is 25.7 Å². The first-order chi connectivity index (χ1) is 13.2. The Morgan fingerprint density at radius 2 is 1.81 bits per heavy atom. The number of rotatable bonds is 7. The van der Waals surface area contributed by atoms with Gasteiger partial charge in [0.2, 0.25) is 11.8 Å². The highest BCUT2D eigenvalue weighted by Gasteiger charge is 2.25. The van der Waals surface area contributed by atoms with Gasteiger partial charge in [0, 0.05) is 31.1 Å². The third-order valence-corrected chi connectivity index (χ3v) is 6.00. The summed E-state index contributed by atoms with van der Waals surface area (Å²) in [5.74, 6) is 1.83. The second-order valence-corrected chi connectivity index (χ2v) is 7.90. The monoisotopic (exact) mass is 372 g/mol. The lowest BCUT2D eigenvalue weighted by Gasteiger charge is -2.32. The average molecular weight is 373 g/mol. The lowest BCUT2D eigenvalue weighted by molar-refractivity contribution is -0.131. The number of hydrogen-bond acceptors (Lipinski definition) is 3. The van der Waals surface area contributed by atoms with Crippen molar-refractivity contribution in [2.75, 3.05) is 20.2 Å². The highest BCUT2D eigenvalue weighted by molar-refractivity contribution is 5.80. The molecule has 5 heteroatoms. The van der Waals surface area contributed by atoms with Gasteiger partial charge in [0.1, 0.15) is 5.75 Å². The van der Waals surface area contributed by atoms with Crippen molar-refractivity contribution in [1.82, 2.24) is 10.2 Å². The van der Waals surface area contributed by atoms with Crippen LogP contribution in [0.25, 0.3) is 0 Å². The van der Waals surface area contributed by atoms with Gasteiger partial charge < -0.3 is 15.0 Å². The van der Waals surface area contributed by atoms with Crippen molar-refractivity contribution in [3.8, 4) is 5.75 Å². The van der Waals surface area contributed by atoms with Gasteiger partial charge in [-0.3, -0.25) is 9.59 Å². The molecule has 148 valence electrons. The molecule has 0 atom stereocenters. The molecular weight excluding hydrogens is 340 g/mol. The predicted octanol–water partition coefficient (Wildman–Crippen LogP) is 3.32. The molecule has 3 rings (SSSR count). The van der Waals surface area contributed by atoms with Crippen LogP contribution < -0.4 is 10.1 Å². The van der Waals surface area contributed by atoms with E-state index in [0.29, 0.717) is 25.9 Å². The summed E-state index contributed by atoms with van der Waals surface area (Å²) < 4.78 is 5.34. The summed E-state index contributed by atoms with van der Waals surface area (Å²) in [7, 11) is 1.63. The van der Waals surface area contributed by atoms with Crippen molar-refractivity contribution in [2.24, 2.45) is 5.92 Å². The van der Waals surface area contributed by atoms with Crippen molar-refractivity contribution in [3.63, 3.8) is 0 Å². The molecule has 2 fully saturated rings. The highest BCUT2D eigenvalue weighted by Crippen LogP contribution is 2.28. The summed E-state index contributed by atoms with van der Waals surface area (Å²) in [6.45, 7) is 1.42. The van der Waals surface area contributed by atoms with Crippen LogP contribution in [-0.2, 0) is 16.0 Å². The molecule has 1 aliphatic carbocycles. The molecule has 2 aliphatic rings. The van der Waals surface area contributed by atoms with Gasteiger partial charge in [-0.25, -0.2) is 0 Å². The molecule has 0 unspecified atom stereocenters. The zero-order valence-electron chi connectivity index (χ0n) is 16.4. The van der Waals surface area contributed by atoms with Crippen molar-refractivity contribution in [2.45, 2.75) is 63.8 Å². The first-order valence-electron chi connectivity index (χ1n) is 10.3. The normalized spacial score (nSPS) is 18.5. The summed E-state index contributed by atoms with van der Waals surface area (Å²) in [5.41, 5.74) is 0.923. The van der Waals surface area contributed by atoms with Crippen LogP contribution in [0.5, 0.6) is 5.75 Å². The molecule has 0 aromatic heterocycles. The molecule has 1 aromatic rings. The molecule has 0 spiro atoms. The Labute approximate surface area is 162 Å². The maximum Gasteiger partial charge on any atom is 0.227 e. The Bertz CT molecular complexity index is 632. The molecular formula is C22H32N2O3. The number of methoxy groups -OCH3 is 1. The molecule has 1 saturated heterocycles. The van der Waals surface area contributed by atoms with E-state index >= 15 is 0 Å². The minimum absolute atomic E-state index is 0.130. The molecule has 1 heterocycles. The molecule has 2 amide bonds. The number of nitrogens with one attached hydrogen (secondary N) is 1. The van der Waals surface area contributed by atoms with Crippen molar-refractivity contribution < 1.29 is 14.3 Å². The highest BCUT2D eigenvalue weighted by atomic mass is 16.5. The molecule has 1 aliphatic heterocycles. The van der Waals surface area contributed by atoms with E-state index in [0.717, 1.165) is 36.5 Å². The molecule has 1 N–H and O–H groups in total. The first-order valence-corrected chi connectivity index (χ1v) is 10.3. The summed E-state index contributed by atoms with van der Waals surface area (Å²) in [6, 6.07) is 7.87. The van der Waals surface area contributed by atoms with Crippen LogP contribution in [0.4, 0.5) is 0 Å². The number of nitrogens with zero attached hydrogens (tertiary/aromatic N) is 1. The van der Waals surface area contributed by atoms with E-state index in [1.54, 1.807) is 7.11 Å². The van der Waals surface area contributed by atoms with E-state index in [-0.39, 0.29) is 17.9 Å². The van der Waals surface area contributed by atoms with Gasteiger partial charge >= 0.3 is 0 Å². The van der Waals surface area contributed by atoms with Crippen molar-refractivity contribution in [1.29, 1.82) is 0 Å². The smallest absolute Gasteiger partial charge is 0.227 e. The number of amides is 2. The van der Waals surface area contributed by atoms with Gasteiger partial charge in [-0.05, 0) is 31.2 Å². The lowest BCUT2D eigenvalue weighted by Crippen LogP contribution is -2.47.